The smallest absolute Gasteiger partial charge is 0.416 e. The summed E-state index contributed by atoms with van der Waals surface area (Å²) in [5, 5.41) is 4.58. The first-order chi connectivity index (χ1) is 18.7. The molecule has 0 unspecified atom stereocenters. The summed E-state index contributed by atoms with van der Waals surface area (Å²) >= 11 is 0. The van der Waals surface area contributed by atoms with E-state index < -0.39 is 48.3 Å². The number of hydrogen-bond acceptors (Lipinski definition) is 5. The quantitative estimate of drug-likeness (QED) is 0.306. The average molecular weight is 562 g/mol. The van der Waals surface area contributed by atoms with E-state index in [-0.39, 0.29) is 23.1 Å². The molecule has 216 valence electrons. The summed E-state index contributed by atoms with van der Waals surface area (Å²) in [6, 6.07) is 9.61. The van der Waals surface area contributed by atoms with Crippen molar-refractivity contribution >= 4 is 35.1 Å². The molecule has 0 heterocycles. The third-order valence-corrected chi connectivity index (χ3v) is 6.29. The van der Waals surface area contributed by atoms with Crippen LogP contribution in [0.2, 0.25) is 0 Å². The van der Waals surface area contributed by atoms with Crippen LogP contribution in [-0.2, 0) is 20.5 Å². The maximum atomic E-state index is 13.4. The van der Waals surface area contributed by atoms with Crippen LogP contribution in [0.25, 0.3) is 0 Å². The molecule has 2 aromatic rings. The van der Waals surface area contributed by atoms with E-state index in [0.717, 1.165) is 55.2 Å². The highest BCUT2D eigenvalue weighted by atomic mass is 19.4. The Hall–Kier alpha value is -3.89. The molecular formula is C29H34F3N3O5. The molecule has 0 atom stereocenters. The lowest BCUT2D eigenvalue weighted by Crippen LogP contribution is -2.45. The van der Waals surface area contributed by atoms with Gasteiger partial charge in [-0.2, -0.15) is 13.2 Å². The Morgan fingerprint density at radius 3 is 2.27 bits per heavy atom. The monoisotopic (exact) mass is 561 g/mol. The number of ketones is 1. The fourth-order valence-corrected chi connectivity index (χ4v) is 4.51. The van der Waals surface area contributed by atoms with E-state index in [2.05, 4.69) is 10.6 Å². The molecule has 0 spiro atoms. The molecule has 11 heteroatoms. The van der Waals surface area contributed by atoms with Gasteiger partial charge in [0.1, 0.15) is 12.1 Å². The molecule has 1 saturated carbocycles. The van der Waals surface area contributed by atoms with Crippen LogP contribution in [0.4, 0.5) is 29.3 Å². The predicted molar refractivity (Wildman–Crippen MR) is 144 cm³/mol. The minimum absolute atomic E-state index is 0.117. The number of amides is 3. The number of anilines is 2. The largest absolute Gasteiger partial charge is 0.459 e. The standard InChI is InChI=1S/C29H34F3N3O5/c1-28(2,3)40-25(37)18-35(23-15-8-7-14-22(23)26(38)19-10-5-4-6-11-19)24(36)17-33-27(39)34-21-13-9-12-20(16-21)29(30,31)32/h7-9,12-16,19H,4-6,10-11,17-18H2,1-3H3,(H2,33,34,39). The number of nitrogens with zero attached hydrogens (tertiary/aromatic N) is 1. The molecule has 0 aromatic heterocycles. The van der Waals surface area contributed by atoms with Crippen LogP contribution >= 0.6 is 0 Å². The van der Waals surface area contributed by atoms with E-state index in [1.807, 2.05) is 0 Å². The lowest BCUT2D eigenvalue weighted by molar-refractivity contribution is -0.153. The van der Waals surface area contributed by atoms with E-state index in [1.54, 1.807) is 45.0 Å². The number of alkyl halides is 3. The van der Waals surface area contributed by atoms with Crippen LogP contribution in [0.1, 0.15) is 68.8 Å². The summed E-state index contributed by atoms with van der Waals surface area (Å²) in [5.41, 5.74) is -1.38. The Morgan fingerprint density at radius 2 is 1.62 bits per heavy atom. The molecule has 3 rings (SSSR count). The normalized spacial score (nSPS) is 14.2. The van der Waals surface area contributed by atoms with Crippen molar-refractivity contribution in [1.82, 2.24) is 5.32 Å². The number of esters is 1. The van der Waals surface area contributed by atoms with Gasteiger partial charge in [0.15, 0.2) is 5.78 Å². The van der Waals surface area contributed by atoms with Crippen molar-refractivity contribution in [3.05, 3.63) is 59.7 Å². The summed E-state index contributed by atoms with van der Waals surface area (Å²) in [5.74, 6) is -1.74. The molecule has 8 nitrogen and oxygen atoms in total. The zero-order chi connectivity index (χ0) is 29.5. The van der Waals surface area contributed by atoms with Gasteiger partial charge in [-0.1, -0.05) is 37.5 Å². The average Bonchev–Trinajstić information content (AvgIpc) is 2.89. The Morgan fingerprint density at radius 1 is 0.950 bits per heavy atom. The van der Waals surface area contributed by atoms with Crippen LogP contribution in [0.3, 0.4) is 0 Å². The van der Waals surface area contributed by atoms with E-state index in [4.69, 9.17) is 4.74 Å². The first-order valence-corrected chi connectivity index (χ1v) is 13.1. The van der Waals surface area contributed by atoms with Gasteiger partial charge in [0.05, 0.1) is 17.8 Å². The Bertz CT molecular complexity index is 1230. The number of nitrogens with one attached hydrogen (secondary N) is 2. The van der Waals surface area contributed by atoms with Crippen LogP contribution in [0.5, 0.6) is 0 Å². The third-order valence-electron chi connectivity index (χ3n) is 6.29. The molecule has 1 fully saturated rings. The number of Topliss-reactive ketones (excluding diaryl/α,β-unsaturated/α-hetero) is 1. The summed E-state index contributed by atoms with van der Waals surface area (Å²) in [4.78, 5) is 53.0. The summed E-state index contributed by atoms with van der Waals surface area (Å²) < 4.78 is 44.3. The minimum Gasteiger partial charge on any atom is -0.459 e. The number of hydrogen-bond donors (Lipinski definition) is 2. The number of para-hydroxylation sites is 1. The summed E-state index contributed by atoms with van der Waals surface area (Å²) in [6.45, 7) is 3.92. The summed E-state index contributed by atoms with van der Waals surface area (Å²) in [7, 11) is 0. The van der Waals surface area contributed by atoms with E-state index in [0.29, 0.717) is 5.56 Å². The third kappa shape index (κ3) is 8.82. The van der Waals surface area contributed by atoms with Crippen LogP contribution in [0, 0.1) is 5.92 Å². The van der Waals surface area contributed by atoms with Crippen molar-refractivity contribution < 1.29 is 37.1 Å². The molecule has 40 heavy (non-hydrogen) atoms. The Kier molecular flexibility index (Phi) is 9.94. The van der Waals surface area contributed by atoms with Gasteiger partial charge in [0.25, 0.3) is 0 Å². The van der Waals surface area contributed by atoms with Gasteiger partial charge >= 0.3 is 18.2 Å². The highest BCUT2D eigenvalue weighted by molar-refractivity contribution is 6.09. The Balaban J connectivity index is 1.79. The predicted octanol–water partition coefficient (Wildman–Crippen LogP) is 5.96. The van der Waals surface area contributed by atoms with Crippen molar-refractivity contribution in [3.63, 3.8) is 0 Å². The van der Waals surface area contributed by atoms with Gasteiger partial charge in [-0.25, -0.2) is 4.79 Å². The van der Waals surface area contributed by atoms with Gasteiger partial charge in [-0.05, 0) is 63.9 Å². The van der Waals surface area contributed by atoms with Gasteiger partial charge in [0, 0.05) is 17.2 Å². The fourth-order valence-electron chi connectivity index (χ4n) is 4.51. The molecule has 0 bridgehead atoms. The molecule has 0 saturated heterocycles. The molecule has 3 amide bonds. The molecule has 2 N–H and O–H groups in total. The Labute approximate surface area is 231 Å². The summed E-state index contributed by atoms with van der Waals surface area (Å²) in [6.07, 6.45) is -0.180. The number of carbonyl (C=O) groups excluding carboxylic acids is 4. The zero-order valence-corrected chi connectivity index (χ0v) is 22.8. The van der Waals surface area contributed by atoms with Crippen molar-refractivity contribution in [2.45, 2.75) is 64.7 Å². The number of urea groups is 1. The zero-order valence-electron chi connectivity index (χ0n) is 22.8. The fraction of sp³-hybridized carbons (Fsp3) is 0.448. The second-order valence-electron chi connectivity index (χ2n) is 10.7. The lowest BCUT2D eigenvalue weighted by atomic mass is 9.83. The first-order valence-electron chi connectivity index (χ1n) is 13.1. The molecule has 0 radical (unpaired) electrons. The maximum absolute atomic E-state index is 13.4. The van der Waals surface area contributed by atoms with E-state index in [9.17, 15) is 32.3 Å². The van der Waals surface area contributed by atoms with Gasteiger partial charge in [-0.3, -0.25) is 19.3 Å². The molecule has 1 aliphatic rings. The van der Waals surface area contributed by atoms with E-state index >= 15 is 0 Å². The van der Waals surface area contributed by atoms with Crippen molar-refractivity contribution in [2.24, 2.45) is 5.92 Å². The van der Waals surface area contributed by atoms with E-state index in [1.165, 1.54) is 6.07 Å². The highest BCUT2D eigenvalue weighted by Crippen LogP contribution is 2.32. The van der Waals surface area contributed by atoms with Crippen LogP contribution in [0.15, 0.2) is 48.5 Å². The number of carbonyl (C=O) groups is 4. The first kappa shape index (κ1) is 30.6. The second-order valence-corrected chi connectivity index (χ2v) is 10.7. The van der Waals surface area contributed by atoms with Gasteiger partial charge < -0.3 is 15.4 Å². The topological polar surface area (TPSA) is 105 Å². The molecule has 1 aliphatic carbocycles. The highest BCUT2D eigenvalue weighted by Gasteiger charge is 2.31. The number of benzene rings is 2. The number of halogens is 3. The molecular weight excluding hydrogens is 527 g/mol. The second kappa shape index (κ2) is 13.0. The van der Waals surface area contributed by atoms with Crippen LogP contribution < -0.4 is 15.5 Å². The van der Waals surface area contributed by atoms with Crippen molar-refractivity contribution in [2.75, 3.05) is 23.3 Å². The van der Waals surface area contributed by atoms with Gasteiger partial charge in [0.2, 0.25) is 5.91 Å². The molecule has 0 aliphatic heterocycles. The minimum atomic E-state index is -4.59. The van der Waals surface area contributed by atoms with Gasteiger partial charge in [-0.15, -0.1) is 0 Å². The lowest BCUT2D eigenvalue weighted by Gasteiger charge is -2.28. The van der Waals surface area contributed by atoms with Crippen LogP contribution in [-0.4, -0.2) is 42.4 Å². The van der Waals surface area contributed by atoms with Crippen molar-refractivity contribution in [3.8, 4) is 0 Å². The maximum Gasteiger partial charge on any atom is 0.416 e. The SMILES string of the molecule is CC(C)(C)OC(=O)CN(C(=O)CNC(=O)Nc1cccc(C(F)(F)F)c1)c1ccccc1C(=O)C1CCCCC1. The number of ether oxygens (including phenoxy) is 1. The number of rotatable bonds is 8. The molecule has 2 aromatic carbocycles. The van der Waals surface area contributed by atoms with Crippen molar-refractivity contribution in [1.29, 1.82) is 0 Å².